The van der Waals surface area contributed by atoms with E-state index in [-0.39, 0.29) is 101 Å². The molecule has 3 aliphatic rings. The summed E-state index contributed by atoms with van der Waals surface area (Å²) in [6.07, 6.45) is -3.42. The molecule has 12 atom stereocenters. The number of phenols is 1. The van der Waals surface area contributed by atoms with E-state index in [1.807, 2.05) is 0 Å². The van der Waals surface area contributed by atoms with E-state index < -0.39 is 182 Å². The van der Waals surface area contributed by atoms with Crippen molar-refractivity contribution in [1.82, 2.24) is 47.0 Å². The summed E-state index contributed by atoms with van der Waals surface area (Å²) in [5.41, 5.74) is 17.6. The number of unbranched alkanes of at least 4 members (excludes halogenated alkanes) is 1. The van der Waals surface area contributed by atoms with Crippen LogP contribution in [0.3, 0.4) is 0 Å². The smallest absolute Gasteiger partial charge is 0.305 e. The largest absolute Gasteiger partial charge is 0.508 e. The maximum absolute atomic E-state index is 14.8. The number of aliphatic hydroxyl groups is 2. The van der Waals surface area contributed by atoms with E-state index in [9.17, 15) is 87.9 Å². The molecule has 0 aromatic heterocycles. The minimum absolute atomic E-state index is 0.00115. The number of amides is 10. The first-order chi connectivity index (χ1) is 41.6. The number of carboxylic acid groups (broad SMARTS) is 2. The Labute approximate surface area is 517 Å². The van der Waals surface area contributed by atoms with Gasteiger partial charge in [0, 0.05) is 49.8 Å². The second-order valence-electron chi connectivity index (χ2n) is 22.6. The number of carboxylic acids is 2. The molecule has 1 aromatic rings. The number of nitrogens with zero attached hydrogens (tertiary/aromatic N) is 2. The molecule has 3 fully saturated rings. The lowest BCUT2D eigenvalue weighted by atomic mass is 9.93. The highest BCUT2D eigenvalue weighted by atomic mass is 33.1. The normalized spacial score (nSPS) is 25.7. The maximum Gasteiger partial charge on any atom is 0.305 e. The summed E-state index contributed by atoms with van der Waals surface area (Å²) in [7, 11) is 2.42. The van der Waals surface area contributed by atoms with E-state index in [0.717, 1.165) is 11.8 Å². The van der Waals surface area contributed by atoms with Gasteiger partial charge in [-0.05, 0) is 108 Å². The average molecular weight is 1280 g/mol. The lowest BCUT2D eigenvalue weighted by molar-refractivity contribution is -0.145. The molecule has 88 heavy (non-hydrogen) atoms. The lowest BCUT2D eigenvalue weighted by Gasteiger charge is -2.32. The van der Waals surface area contributed by atoms with Crippen LogP contribution >= 0.6 is 21.6 Å². The van der Waals surface area contributed by atoms with Gasteiger partial charge in [0.25, 0.3) is 0 Å². The number of phenolic OH excluding ortho intramolecular Hbond substituents is 1. The fraction of sp³-hybridized carbons (Fsp3) is 0.661. The lowest BCUT2D eigenvalue weighted by Crippen LogP contribution is -2.62. The number of nitrogens with one attached hydrogen (secondary N) is 7. The topological polar surface area (TPSA) is 492 Å². The summed E-state index contributed by atoms with van der Waals surface area (Å²) in [5, 5.41) is 67.9. The molecule has 0 spiro atoms. The first-order valence-corrected chi connectivity index (χ1v) is 31.9. The molecule has 18 N–H and O–H groups in total. The highest BCUT2D eigenvalue weighted by Gasteiger charge is 2.44. The number of rotatable bonds is 20. The second kappa shape index (κ2) is 36.4. The number of benzene rings is 1. The molecule has 2 unspecified atom stereocenters. The van der Waals surface area contributed by atoms with Gasteiger partial charge in [-0.3, -0.25) is 62.3 Å². The van der Waals surface area contributed by atoms with Crippen LogP contribution in [0.2, 0.25) is 0 Å². The molecule has 490 valence electrons. The number of primary amides is 1. The van der Waals surface area contributed by atoms with Crippen LogP contribution in [0.25, 0.3) is 0 Å². The van der Waals surface area contributed by atoms with Crippen LogP contribution in [0, 0.1) is 11.8 Å². The van der Waals surface area contributed by atoms with E-state index in [2.05, 4.69) is 37.2 Å². The van der Waals surface area contributed by atoms with Crippen LogP contribution in [0.1, 0.15) is 116 Å². The molecule has 3 saturated heterocycles. The van der Waals surface area contributed by atoms with Crippen molar-refractivity contribution >= 4 is 98.4 Å². The number of aliphatic carboxylic acids is 2. The van der Waals surface area contributed by atoms with Crippen molar-refractivity contribution in [1.29, 1.82) is 0 Å². The zero-order chi connectivity index (χ0) is 65.4. The van der Waals surface area contributed by atoms with Gasteiger partial charge >= 0.3 is 11.9 Å². The Morgan fingerprint density at radius 1 is 0.705 bits per heavy atom. The predicted octanol–water partition coefficient (Wildman–Crippen LogP) is -3.24. The van der Waals surface area contributed by atoms with Gasteiger partial charge in [-0.15, -0.1) is 0 Å². The molecule has 0 saturated carbocycles. The van der Waals surface area contributed by atoms with E-state index in [1.165, 1.54) is 50.8 Å². The summed E-state index contributed by atoms with van der Waals surface area (Å²) in [6, 6.07) is -9.42. The Kier molecular flexibility index (Phi) is 30.3. The molecule has 32 heteroatoms. The molecule has 4 rings (SSSR count). The first kappa shape index (κ1) is 73.3. The van der Waals surface area contributed by atoms with Crippen molar-refractivity contribution in [2.24, 2.45) is 29.0 Å². The summed E-state index contributed by atoms with van der Waals surface area (Å²) in [6.45, 7) is 3.98. The zero-order valence-corrected chi connectivity index (χ0v) is 51.3. The molecular formula is C56H86N12O18S2. The fourth-order valence-corrected chi connectivity index (χ4v) is 12.5. The van der Waals surface area contributed by atoms with Gasteiger partial charge in [-0.1, -0.05) is 47.6 Å². The van der Waals surface area contributed by atoms with Gasteiger partial charge in [-0.25, -0.2) is 0 Å². The van der Waals surface area contributed by atoms with Crippen molar-refractivity contribution < 1.29 is 87.9 Å². The van der Waals surface area contributed by atoms with E-state index in [4.69, 9.17) is 17.2 Å². The van der Waals surface area contributed by atoms with Gasteiger partial charge in [0.15, 0.2) is 5.78 Å². The Morgan fingerprint density at radius 3 is 1.82 bits per heavy atom. The van der Waals surface area contributed by atoms with Gasteiger partial charge in [-0.2, -0.15) is 0 Å². The van der Waals surface area contributed by atoms with Crippen LogP contribution in [-0.2, 0) is 68.7 Å². The third kappa shape index (κ3) is 23.1. The molecule has 0 radical (unpaired) electrons. The number of aliphatic hydroxyl groups excluding tert-OH is 2. The third-order valence-electron chi connectivity index (χ3n) is 15.1. The molecule has 30 nitrogen and oxygen atoms in total. The van der Waals surface area contributed by atoms with Gasteiger partial charge in [0.05, 0.1) is 25.2 Å². The van der Waals surface area contributed by atoms with Crippen LogP contribution in [0.4, 0.5) is 0 Å². The number of fused-ring (bicyclic) bond motifs is 2. The molecule has 1 aromatic carbocycles. The molecule has 3 aliphatic heterocycles. The van der Waals surface area contributed by atoms with Gasteiger partial charge in [0.2, 0.25) is 59.1 Å². The second-order valence-corrected chi connectivity index (χ2v) is 25.3. The molecule has 0 bridgehead atoms. The monoisotopic (exact) mass is 1280 g/mol. The Morgan fingerprint density at radius 2 is 1.26 bits per heavy atom. The third-order valence-corrected chi connectivity index (χ3v) is 17.6. The average Bonchev–Trinajstić information content (AvgIpc) is 2.08. The summed E-state index contributed by atoms with van der Waals surface area (Å²) in [5.74, 6) is -14.3. The Balaban J connectivity index is 1.79. The van der Waals surface area contributed by atoms with Crippen LogP contribution < -0.4 is 54.4 Å². The number of nitrogens with two attached hydrogens (primary N) is 3. The maximum atomic E-state index is 14.8. The minimum Gasteiger partial charge on any atom is -0.508 e. The van der Waals surface area contributed by atoms with Crippen molar-refractivity contribution in [3.8, 4) is 5.75 Å². The van der Waals surface area contributed by atoms with Crippen molar-refractivity contribution in [3.05, 3.63) is 29.8 Å². The standard InChI is InChI=1S/C56H86N12O18S2/c1-29(2)24-38-50(80)63-40(27-45(75)76)52(82)66-46(30(3)70)56(86)68-21-7-10-42(68)54(84)65-39(25-31-11-13-33(71)14-12-31)51(81)60-35(15-16-44(73)74)43(72)26-32(47(59)77)17-22-87-88-23-18-37(55(85)67-20-6-9-41(67)53(83)64-38)62-49(79)36(8-4-5-19-57)61-48(78)34(58)28-69/h11-14,29-30,32,34-42,46,69-71H,4-10,15-28,57-58H2,1-3H3,(H2,59,77)(H,60,81)(H,61,78)(H,62,79)(H,63,80)(H,64,83)(H,65,84)(H,66,82)(H,73,74)(H,75,76)/t30?,32-,34+,35+,36+,37+,38+,39+,40+,41+,42+,46?/m1/s1. The highest BCUT2D eigenvalue weighted by Crippen LogP contribution is 2.28. The van der Waals surface area contributed by atoms with Crippen molar-refractivity contribution in [2.75, 3.05) is 37.7 Å². The van der Waals surface area contributed by atoms with Crippen molar-refractivity contribution in [2.45, 2.75) is 184 Å². The molecule has 0 aliphatic carbocycles. The number of aromatic hydroxyl groups is 1. The van der Waals surface area contributed by atoms with E-state index in [1.54, 1.807) is 13.8 Å². The van der Waals surface area contributed by atoms with Gasteiger partial charge in [0.1, 0.15) is 60.1 Å². The first-order valence-electron chi connectivity index (χ1n) is 29.4. The van der Waals surface area contributed by atoms with E-state index in [0.29, 0.717) is 18.4 Å². The van der Waals surface area contributed by atoms with E-state index >= 15 is 0 Å². The fourth-order valence-electron chi connectivity index (χ4n) is 10.3. The van der Waals surface area contributed by atoms with Gasteiger partial charge < -0.3 is 89.8 Å². The zero-order valence-electron chi connectivity index (χ0n) is 49.7. The van der Waals surface area contributed by atoms with Crippen molar-refractivity contribution in [3.63, 3.8) is 0 Å². The number of Topliss-reactive ketones (excluding diaryl/α,β-unsaturated/α-hetero) is 1. The molecule has 3 heterocycles. The SMILES string of the molecule is CC(C)C[C@@H]1NC(=O)[C@@H]2CCCN2C(=O)[C@@H](NC(=O)[C@H](CCCCN)NC(=O)[C@@H](N)CO)CCSSCC[C@@H](C(N)=O)CC(=O)[C@H](CCC(=O)O)NC(=O)[C@H](Cc2ccc(O)cc2)NC(=O)[C@@H]2CCCN2C(=O)C(C(C)O)NC(=O)[C@H](CC(=O)O)NC1=O. The van der Waals surface area contributed by atoms with Crippen LogP contribution in [0.5, 0.6) is 5.75 Å². The van der Waals surface area contributed by atoms with Crippen LogP contribution in [0.15, 0.2) is 24.3 Å². The predicted molar refractivity (Wildman–Crippen MR) is 319 cm³/mol. The quantitative estimate of drug-likeness (QED) is 0.0451. The molecule has 10 amide bonds. The Bertz CT molecular complexity index is 2640. The number of hydrogen-bond acceptors (Lipinski definition) is 20. The number of carbonyl (C=O) groups excluding carboxylic acids is 11. The Hall–Kier alpha value is -7.13. The summed E-state index contributed by atoms with van der Waals surface area (Å²) < 4.78 is 0. The summed E-state index contributed by atoms with van der Waals surface area (Å²) >= 11 is 0. The minimum atomic E-state index is -1.94. The summed E-state index contributed by atoms with van der Waals surface area (Å²) in [4.78, 5) is 181. The van der Waals surface area contributed by atoms with Crippen LogP contribution in [-0.4, -0.2) is 216 Å². The number of ketones is 1. The number of hydrogen-bond donors (Lipinski definition) is 15. The highest BCUT2D eigenvalue weighted by molar-refractivity contribution is 8.76. The number of carbonyl (C=O) groups is 13. The molecular weight excluding hydrogens is 1190 g/mol.